The van der Waals surface area contributed by atoms with Gasteiger partial charge < -0.3 is 15.2 Å². The molecule has 0 fully saturated rings. The lowest BCUT2D eigenvalue weighted by Crippen LogP contribution is -1.95. The van der Waals surface area contributed by atoms with Gasteiger partial charge in [0.25, 0.3) is 0 Å². The lowest BCUT2D eigenvalue weighted by molar-refractivity contribution is 0.403. The number of H-pyrrole nitrogens is 1. The zero-order valence-corrected chi connectivity index (χ0v) is 10.1. The monoisotopic (exact) mass is 270 g/mol. The van der Waals surface area contributed by atoms with Gasteiger partial charge in [-0.1, -0.05) is 0 Å². The Kier molecular flexibility index (Phi) is 2.88. The molecule has 4 N–H and O–H groups in total. The number of aromatic hydroxyl groups is 2. The van der Waals surface area contributed by atoms with Crippen molar-refractivity contribution in [3.63, 3.8) is 0 Å². The van der Waals surface area contributed by atoms with E-state index in [-0.39, 0.29) is 11.5 Å². The van der Waals surface area contributed by atoms with Crippen LogP contribution in [0.25, 0.3) is 11.2 Å². The van der Waals surface area contributed by atoms with Crippen LogP contribution < -0.4 is 5.43 Å². The first-order chi connectivity index (χ1) is 9.74. The van der Waals surface area contributed by atoms with Crippen molar-refractivity contribution in [1.82, 2.24) is 19.9 Å². The molecule has 0 aliphatic heterocycles. The number of hydrazone groups is 1. The highest BCUT2D eigenvalue weighted by atomic mass is 16.3. The lowest BCUT2D eigenvalue weighted by Gasteiger charge is -2.00. The van der Waals surface area contributed by atoms with E-state index in [2.05, 4.69) is 30.5 Å². The van der Waals surface area contributed by atoms with Gasteiger partial charge in [0.05, 0.1) is 12.5 Å². The van der Waals surface area contributed by atoms with Crippen molar-refractivity contribution in [3.05, 3.63) is 36.4 Å². The molecule has 3 aromatic rings. The maximum atomic E-state index is 9.36. The molecule has 0 saturated heterocycles. The maximum Gasteiger partial charge on any atom is 0.182 e. The van der Waals surface area contributed by atoms with Crippen molar-refractivity contribution >= 4 is 23.2 Å². The van der Waals surface area contributed by atoms with E-state index in [9.17, 15) is 10.2 Å². The Bertz CT molecular complexity index is 782. The molecule has 8 heteroatoms. The molecule has 2 aromatic heterocycles. The van der Waals surface area contributed by atoms with E-state index in [4.69, 9.17) is 0 Å². The third-order valence-corrected chi connectivity index (χ3v) is 2.61. The Labute approximate surface area is 112 Å². The highest BCUT2D eigenvalue weighted by Crippen LogP contribution is 2.24. The number of hydrogen-bond acceptors (Lipinski definition) is 7. The Hall–Kier alpha value is -3.16. The summed E-state index contributed by atoms with van der Waals surface area (Å²) in [4.78, 5) is 14.9. The number of aromatic nitrogens is 4. The van der Waals surface area contributed by atoms with Crippen molar-refractivity contribution in [2.75, 3.05) is 5.43 Å². The molecule has 0 saturated carbocycles. The third-order valence-electron chi connectivity index (χ3n) is 2.61. The molecule has 0 aliphatic rings. The molecule has 2 heterocycles. The Balaban J connectivity index is 1.80. The van der Waals surface area contributed by atoms with Gasteiger partial charge in [-0.05, 0) is 23.8 Å². The van der Waals surface area contributed by atoms with Crippen LogP contribution in [0.5, 0.6) is 11.5 Å². The Morgan fingerprint density at radius 3 is 2.90 bits per heavy atom. The zero-order chi connectivity index (χ0) is 13.9. The minimum atomic E-state index is -0.202. The fourth-order valence-corrected chi connectivity index (χ4v) is 1.64. The van der Waals surface area contributed by atoms with Crippen LogP contribution in [0.4, 0.5) is 5.82 Å². The van der Waals surface area contributed by atoms with Gasteiger partial charge in [-0.2, -0.15) is 5.10 Å². The molecule has 0 amide bonds. The van der Waals surface area contributed by atoms with Crippen LogP contribution in [0.1, 0.15) is 5.56 Å². The average molecular weight is 270 g/mol. The van der Waals surface area contributed by atoms with Gasteiger partial charge in [0.15, 0.2) is 23.0 Å². The number of phenols is 2. The largest absolute Gasteiger partial charge is 0.504 e. The zero-order valence-electron chi connectivity index (χ0n) is 10.1. The normalized spacial score (nSPS) is 11.2. The van der Waals surface area contributed by atoms with Crippen LogP contribution in [-0.2, 0) is 0 Å². The van der Waals surface area contributed by atoms with Gasteiger partial charge >= 0.3 is 0 Å². The number of phenolic OH excluding ortho intramolecular Hbond substituents is 2. The summed E-state index contributed by atoms with van der Waals surface area (Å²) in [6.07, 6.45) is 4.39. The molecule has 0 radical (unpaired) electrons. The van der Waals surface area contributed by atoms with Gasteiger partial charge in [0.1, 0.15) is 11.8 Å². The third kappa shape index (κ3) is 2.21. The topological polar surface area (TPSA) is 119 Å². The predicted molar refractivity (Wildman–Crippen MR) is 72.7 cm³/mol. The number of nitrogens with one attached hydrogen (secondary N) is 2. The molecule has 0 atom stereocenters. The van der Waals surface area contributed by atoms with Crippen molar-refractivity contribution in [2.24, 2.45) is 5.10 Å². The van der Waals surface area contributed by atoms with E-state index in [1.807, 2.05) is 0 Å². The predicted octanol–water partition coefficient (Wildman–Crippen LogP) is 1.21. The van der Waals surface area contributed by atoms with Crippen LogP contribution in [0.3, 0.4) is 0 Å². The summed E-state index contributed by atoms with van der Waals surface area (Å²) in [6, 6.07) is 4.40. The number of hydrogen-bond donors (Lipinski definition) is 4. The molecular formula is C12H10N6O2. The lowest BCUT2D eigenvalue weighted by atomic mass is 10.2. The molecule has 0 spiro atoms. The summed E-state index contributed by atoms with van der Waals surface area (Å²) in [5.41, 5.74) is 4.58. The second-order valence-corrected chi connectivity index (χ2v) is 3.94. The number of imidazole rings is 1. The van der Waals surface area contributed by atoms with Crippen LogP contribution in [0.2, 0.25) is 0 Å². The molecule has 20 heavy (non-hydrogen) atoms. The van der Waals surface area contributed by atoms with E-state index >= 15 is 0 Å². The fraction of sp³-hybridized carbons (Fsp3) is 0. The van der Waals surface area contributed by atoms with E-state index < -0.39 is 0 Å². The van der Waals surface area contributed by atoms with Crippen LogP contribution in [0.15, 0.2) is 36.0 Å². The summed E-state index contributed by atoms with van der Waals surface area (Å²) < 4.78 is 0. The fourth-order valence-electron chi connectivity index (χ4n) is 1.64. The number of benzene rings is 1. The number of nitrogens with zero attached hydrogens (tertiary/aromatic N) is 4. The summed E-state index contributed by atoms with van der Waals surface area (Å²) in [6.45, 7) is 0. The van der Waals surface area contributed by atoms with Crippen LogP contribution >= 0.6 is 0 Å². The summed E-state index contributed by atoms with van der Waals surface area (Å²) in [5.74, 6) is 0.115. The molecule has 3 rings (SSSR count). The van der Waals surface area contributed by atoms with Gasteiger partial charge in [-0.15, -0.1) is 0 Å². The first-order valence-electron chi connectivity index (χ1n) is 5.69. The Morgan fingerprint density at radius 1 is 1.15 bits per heavy atom. The standard InChI is InChI=1S/C12H10N6O2/c19-8-2-1-7(3-9(8)20)4-17-18-12-10-11(14-5-13-10)15-6-16-12/h1-6,19-20H,(H2,13,14,15,16,18). The van der Waals surface area contributed by atoms with Crippen molar-refractivity contribution in [3.8, 4) is 11.5 Å². The van der Waals surface area contributed by atoms with Crippen LogP contribution in [-0.4, -0.2) is 36.4 Å². The molecule has 0 bridgehead atoms. The quantitative estimate of drug-likeness (QED) is 0.322. The number of anilines is 1. The summed E-state index contributed by atoms with van der Waals surface area (Å²) in [7, 11) is 0. The minimum absolute atomic E-state index is 0.176. The van der Waals surface area contributed by atoms with Crippen LogP contribution in [0, 0.1) is 0 Å². The van der Waals surface area contributed by atoms with Crippen molar-refractivity contribution < 1.29 is 10.2 Å². The van der Waals surface area contributed by atoms with E-state index in [1.54, 1.807) is 6.07 Å². The molecule has 100 valence electrons. The summed E-state index contributed by atoms with van der Waals surface area (Å²) >= 11 is 0. The van der Waals surface area contributed by atoms with Gasteiger partial charge in [0, 0.05) is 0 Å². The van der Waals surface area contributed by atoms with E-state index in [1.165, 1.54) is 31.0 Å². The first-order valence-corrected chi connectivity index (χ1v) is 5.69. The highest BCUT2D eigenvalue weighted by Gasteiger charge is 2.04. The van der Waals surface area contributed by atoms with E-state index in [0.717, 1.165) is 0 Å². The highest BCUT2D eigenvalue weighted by molar-refractivity contribution is 5.84. The maximum absolute atomic E-state index is 9.36. The second-order valence-electron chi connectivity index (χ2n) is 3.94. The number of aromatic amines is 1. The van der Waals surface area contributed by atoms with Gasteiger partial charge in [-0.3, -0.25) is 5.43 Å². The van der Waals surface area contributed by atoms with Gasteiger partial charge in [-0.25, -0.2) is 15.0 Å². The molecule has 1 aromatic carbocycles. The number of rotatable bonds is 3. The van der Waals surface area contributed by atoms with Gasteiger partial charge in [0.2, 0.25) is 0 Å². The average Bonchev–Trinajstić information content (AvgIpc) is 2.92. The second kappa shape index (κ2) is 4.84. The molecule has 0 unspecified atom stereocenters. The van der Waals surface area contributed by atoms with Crippen molar-refractivity contribution in [2.45, 2.75) is 0 Å². The summed E-state index contributed by atoms with van der Waals surface area (Å²) in [5, 5.41) is 22.6. The molecule has 0 aliphatic carbocycles. The molecular weight excluding hydrogens is 260 g/mol. The van der Waals surface area contributed by atoms with E-state index in [0.29, 0.717) is 22.5 Å². The molecule has 8 nitrogen and oxygen atoms in total. The Morgan fingerprint density at radius 2 is 2.05 bits per heavy atom. The first kappa shape index (κ1) is 11.9. The number of fused-ring (bicyclic) bond motifs is 1. The minimum Gasteiger partial charge on any atom is -0.504 e. The smallest absolute Gasteiger partial charge is 0.182 e. The SMILES string of the molecule is Oc1ccc(C=NNc2ncnc3nc[nH]c23)cc1O. The van der Waals surface area contributed by atoms with Crippen molar-refractivity contribution in [1.29, 1.82) is 0 Å².